The Morgan fingerprint density at radius 1 is 0.833 bits per heavy atom. The van der Waals surface area contributed by atoms with Crippen LogP contribution in [0, 0.1) is 13.8 Å². The van der Waals surface area contributed by atoms with Crippen LogP contribution in [0.4, 0.5) is 0 Å². The molecular weight excluding hydrogens is 476 g/mol. The van der Waals surface area contributed by atoms with Gasteiger partial charge in [-0.25, -0.2) is 4.79 Å². The molecule has 1 aliphatic heterocycles. The second-order valence-corrected chi connectivity index (χ2v) is 9.71. The molecule has 2 atom stereocenters. The fourth-order valence-electron chi connectivity index (χ4n) is 4.14. The van der Waals surface area contributed by atoms with Crippen molar-refractivity contribution in [3.8, 4) is 0 Å². The zero-order valence-electron chi connectivity index (χ0n) is 20.0. The summed E-state index contributed by atoms with van der Waals surface area (Å²) in [6.45, 7) is 4.27. The Kier molecular flexibility index (Phi) is 9.08. The van der Waals surface area contributed by atoms with Crippen LogP contribution in [-0.2, 0) is 14.4 Å². The van der Waals surface area contributed by atoms with Crippen LogP contribution in [0.25, 0.3) is 6.08 Å². The highest BCUT2D eigenvalue weighted by molar-refractivity contribution is 7.99. The first-order valence-corrected chi connectivity index (χ1v) is 12.4. The fraction of sp³-hybridized carbons (Fsp3) is 0.207. The van der Waals surface area contributed by atoms with Crippen LogP contribution in [0.15, 0.2) is 77.7 Å². The standard InChI is InChI=1S/C26H24O2S.C3H4O4/c1-17-3-9-20(10-4-17)23-16-29-24-15-18(2)5-13-22(24)26(23)21-11-6-19(7-12-21)8-14-25(27)28;4-2(5)1-3(6)7/h3-15,23,26H,16H2,1-2H3,(H,27,28);1H2,(H,4,5)(H,6,7)/b14-8+;. The Morgan fingerprint density at radius 2 is 1.42 bits per heavy atom. The van der Waals surface area contributed by atoms with Crippen LogP contribution in [0.2, 0.25) is 0 Å². The largest absolute Gasteiger partial charge is 0.481 e. The molecule has 0 aromatic heterocycles. The highest BCUT2D eigenvalue weighted by atomic mass is 32.2. The van der Waals surface area contributed by atoms with Crippen molar-refractivity contribution in [1.29, 1.82) is 0 Å². The van der Waals surface area contributed by atoms with Gasteiger partial charge in [0, 0.05) is 28.6 Å². The molecule has 186 valence electrons. The molecule has 0 radical (unpaired) electrons. The third kappa shape index (κ3) is 7.33. The molecule has 0 spiro atoms. The topological polar surface area (TPSA) is 112 Å². The van der Waals surface area contributed by atoms with Gasteiger partial charge in [-0.05, 0) is 53.8 Å². The summed E-state index contributed by atoms with van der Waals surface area (Å²) in [5, 5.41) is 24.3. The van der Waals surface area contributed by atoms with Crippen molar-refractivity contribution in [2.45, 2.75) is 37.0 Å². The highest BCUT2D eigenvalue weighted by Gasteiger charge is 2.32. The van der Waals surface area contributed by atoms with E-state index in [1.165, 1.54) is 38.8 Å². The minimum absolute atomic E-state index is 0.284. The summed E-state index contributed by atoms with van der Waals surface area (Å²) in [4.78, 5) is 31.0. The third-order valence-electron chi connectivity index (χ3n) is 5.85. The van der Waals surface area contributed by atoms with Crippen molar-refractivity contribution in [3.63, 3.8) is 0 Å². The van der Waals surface area contributed by atoms with Gasteiger partial charge in [0.05, 0.1) is 0 Å². The number of rotatable bonds is 6. The van der Waals surface area contributed by atoms with E-state index in [4.69, 9.17) is 15.3 Å². The van der Waals surface area contributed by atoms with Gasteiger partial charge in [0.2, 0.25) is 0 Å². The van der Waals surface area contributed by atoms with E-state index in [-0.39, 0.29) is 5.92 Å². The minimum atomic E-state index is -1.31. The fourth-order valence-corrected chi connectivity index (χ4v) is 5.52. The normalized spacial score (nSPS) is 16.5. The predicted molar refractivity (Wildman–Crippen MR) is 141 cm³/mol. The molecule has 0 saturated carbocycles. The molecule has 1 heterocycles. The number of carboxylic acids is 3. The molecule has 0 fully saturated rings. The van der Waals surface area contributed by atoms with Gasteiger partial charge in [0.25, 0.3) is 0 Å². The van der Waals surface area contributed by atoms with Gasteiger partial charge in [-0.3, -0.25) is 9.59 Å². The molecule has 3 N–H and O–H groups in total. The number of thioether (sulfide) groups is 1. The molecule has 0 bridgehead atoms. The van der Waals surface area contributed by atoms with E-state index < -0.39 is 24.3 Å². The zero-order valence-corrected chi connectivity index (χ0v) is 20.9. The first kappa shape index (κ1) is 26.8. The lowest BCUT2D eigenvalue weighted by Gasteiger charge is -2.34. The smallest absolute Gasteiger partial charge is 0.328 e. The van der Waals surface area contributed by atoms with E-state index >= 15 is 0 Å². The minimum Gasteiger partial charge on any atom is -0.481 e. The van der Waals surface area contributed by atoms with E-state index in [9.17, 15) is 14.4 Å². The Hall–Kier alpha value is -3.84. The highest BCUT2D eigenvalue weighted by Crippen LogP contribution is 2.49. The van der Waals surface area contributed by atoms with Gasteiger partial charge >= 0.3 is 17.9 Å². The van der Waals surface area contributed by atoms with Crippen LogP contribution < -0.4 is 0 Å². The summed E-state index contributed by atoms with van der Waals surface area (Å²) in [5.41, 5.74) is 7.49. The number of benzene rings is 3. The molecular formula is C29H28O6S. The summed E-state index contributed by atoms with van der Waals surface area (Å²) in [6, 6.07) is 24.0. The number of carbonyl (C=O) groups is 3. The maximum Gasteiger partial charge on any atom is 0.328 e. The molecule has 3 aromatic carbocycles. The number of aryl methyl sites for hydroxylation is 2. The van der Waals surface area contributed by atoms with Crippen molar-refractivity contribution in [2.75, 3.05) is 5.75 Å². The Labute approximate surface area is 214 Å². The quantitative estimate of drug-likeness (QED) is 0.280. The second-order valence-electron chi connectivity index (χ2n) is 8.65. The van der Waals surface area contributed by atoms with Crippen molar-refractivity contribution < 1.29 is 29.7 Å². The number of aliphatic carboxylic acids is 3. The van der Waals surface area contributed by atoms with Crippen molar-refractivity contribution in [1.82, 2.24) is 0 Å². The molecule has 6 nitrogen and oxygen atoms in total. The van der Waals surface area contributed by atoms with Gasteiger partial charge in [-0.2, -0.15) is 0 Å². The molecule has 1 aliphatic rings. The van der Waals surface area contributed by atoms with Gasteiger partial charge in [0.15, 0.2) is 0 Å². The van der Waals surface area contributed by atoms with Crippen LogP contribution in [0.5, 0.6) is 0 Å². The lowest BCUT2D eigenvalue weighted by Crippen LogP contribution is -2.20. The van der Waals surface area contributed by atoms with E-state index in [0.29, 0.717) is 5.92 Å². The lowest BCUT2D eigenvalue weighted by atomic mass is 9.77. The second kappa shape index (κ2) is 12.2. The molecule has 36 heavy (non-hydrogen) atoms. The summed E-state index contributed by atoms with van der Waals surface area (Å²) >= 11 is 1.95. The summed E-state index contributed by atoms with van der Waals surface area (Å²) in [5.74, 6) is -1.82. The van der Waals surface area contributed by atoms with Crippen molar-refractivity contribution in [3.05, 3.63) is 106 Å². The molecule has 4 rings (SSSR count). The maximum absolute atomic E-state index is 10.8. The Balaban J connectivity index is 0.000000454. The van der Waals surface area contributed by atoms with Crippen LogP contribution in [0.3, 0.4) is 0 Å². The number of hydrogen-bond acceptors (Lipinski definition) is 4. The number of fused-ring (bicyclic) bond motifs is 1. The third-order valence-corrected chi connectivity index (χ3v) is 7.04. The first-order chi connectivity index (χ1) is 17.1. The SMILES string of the molecule is Cc1ccc(C2CSc3cc(C)ccc3C2c2ccc(/C=C/C(=O)O)cc2)cc1.O=C(O)CC(=O)O. The average Bonchev–Trinajstić information content (AvgIpc) is 2.82. The van der Waals surface area contributed by atoms with Gasteiger partial charge in [0.1, 0.15) is 6.42 Å². The summed E-state index contributed by atoms with van der Waals surface area (Å²) in [6.07, 6.45) is 2.01. The van der Waals surface area contributed by atoms with Gasteiger partial charge in [-0.1, -0.05) is 66.2 Å². The number of carboxylic acid groups (broad SMARTS) is 3. The molecule has 7 heteroatoms. The average molecular weight is 505 g/mol. The molecule has 3 aromatic rings. The number of hydrogen-bond donors (Lipinski definition) is 3. The summed E-state index contributed by atoms with van der Waals surface area (Å²) in [7, 11) is 0. The Morgan fingerprint density at radius 3 is 1.97 bits per heavy atom. The zero-order chi connectivity index (χ0) is 26.2. The molecule has 2 unspecified atom stereocenters. The van der Waals surface area contributed by atoms with Crippen LogP contribution in [-0.4, -0.2) is 39.0 Å². The lowest BCUT2D eigenvalue weighted by molar-refractivity contribution is -0.147. The monoisotopic (exact) mass is 504 g/mol. The molecule has 0 amide bonds. The van der Waals surface area contributed by atoms with Crippen LogP contribution >= 0.6 is 11.8 Å². The maximum atomic E-state index is 10.8. The van der Waals surface area contributed by atoms with Crippen LogP contribution in [0.1, 0.15) is 51.6 Å². The van der Waals surface area contributed by atoms with Crippen molar-refractivity contribution >= 4 is 35.7 Å². The molecule has 0 saturated heterocycles. The summed E-state index contributed by atoms with van der Waals surface area (Å²) < 4.78 is 0. The van der Waals surface area contributed by atoms with E-state index in [1.54, 1.807) is 6.08 Å². The van der Waals surface area contributed by atoms with Crippen molar-refractivity contribution in [2.24, 2.45) is 0 Å². The van der Waals surface area contributed by atoms with E-state index in [0.717, 1.165) is 11.3 Å². The predicted octanol–water partition coefficient (Wildman–Crippen LogP) is 5.97. The Bertz CT molecular complexity index is 1250. The van der Waals surface area contributed by atoms with E-state index in [1.807, 2.05) is 23.9 Å². The van der Waals surface area contributed by atoms with Gasteiger partial charge < -0.3 is 15.3 Å². The first-order valence-electron chi connectivity index (χ1n) is 11.4. The van der Waals surface area contributed by atoms with Gasteiger partial charge in [-0.15, -0.1) is 11.8 Å². The van der Waals surface area contributed by atoms with E-state index in [2.05, 4.69) is 68.4 Å². The molecule has 0 aliphatic carbocycles.